The van der Waals surface area contributed by atoms with E-state index >= 15 is 0 Å². The van der Waals surface area contributed by atoms with Gasteiger partial charge in [0.25, 0.3) is 0 Å². The van der Waals surface area contributed by atoms with Gasteiger partial charge in [0.1, 0.15) is 0 Å². The predicted octanol–water partition coefficient (Wildman–Crippen LogP) is 3.38. The number of amides is 1. The minimum absolute atomic E-state index is 0.110. The Balaban J connectivity index is 1.97. The summed E-state index contributed by atoms with van der Waals surface area (Å²) in [6.45, 7) is 2.30. The van der Waals surface area contributed by atoms with Gasteiger partial charge in [-0.05, 0) is 30.2 Å². The van der Waals surface area contributed by atoms with Crippen molar-refractivity contribution in [3.8, 4) is 0 Å². The molecule has 0 spiro atoms. The number of fused-ring (bicyclic) bond motifs is 1. The van der Waals surface area contributed by atoms with Gasteiger partial charge in [-0.1, -0.05) is 36.4 Å². The van der Waals surface area contributed by atoms with Gasteiger partial charge in [0, 0.05) is 4.90 Å². The molecule has 0 radical (unpaired) electrons. The van der Waals surface area contributed by atoms with E-state index in [2.05, 4.69) is 0 Å². The zero-order chi connectivity index (χ0) is 14.8. The van der Waals surface area contributed by atoms with Crippen LogP contribution in [0, 0.1) is 0 Å². The molecule has 1 aliphatic heterocycles. The van der Waals surface area contributed by atoms with Crippen LogP contribution in [-0.4, -0.2) is 16.8 Å². The number of hydrogen-bond donors (Lipinski definition) is 1. The zero-order valence-corrected chi connectivity index (χ0v) is 12.6. The van der Waals surface area contributed by atoms with Crippen molar-refractivity contribution in [3.63, 3.8) is 0 Å². The predicted molar refractivity (Wildman–Crippen MR) is 85.4 cm³/mol. The van der Waals surface area contributed by atoms with Crippen LogP contribution in [0.1, 0.15) is 24.2 Å². The second-order valence-electron chi connectivity index (χ2n) is 5.16. The summed E-state index contributed by atoms with van der Waals surface area (Å²) in [5.41, 5.74) is 2.84. The summed E-state index contributed by atoms with van der Waals surface area (Å²) in [4.78, 5) is 15.2. The number of hydrogen-bond acceptors (Lipinski definition) is 3. The van der Waals surface area contributed by atoms with Crippen LogP contribution in [-0.2, 0) is 11.3 Å². The molecule has 3 rings (SSSR count). The van der Waals surface area contributed by atoms with Crippen molar-refractivity contribution in [3.05, 3.63) is 59.7 Å². The van der Waals surface area contributed by atoms with E-state index in [4.69, 9.17) is 0 Å². The van der Waals surface area contributed by atoms with E-state index < -0.39 is 6.10 Å². The van der Waals surface area contributed by atoms with Gasteiger partial charge < -0.3 is 10.0 Å². The summed E-state index contributed by atoms with van der Waals surface area (Å²) in [5.74, 6) is 0.576. The van der Waals surface area contributed by atoms with Crippen LogP contribution in [0.25, 0.3) is 0 Å². The summed E-state index contributed by atoms with van der Waals surface area (Å²) >= 11 is 1.56. The number of carbonyl (C=O) groups excluding carboxylic acids is 1. The Morgan fingerprint density at radius 3 is 2.71 bits per heavy atom. The second-order valence-corrected chi connectivity index (χ2v) is 6.17. The van der Waals surface area contributed by atoms with Crippen molar-refractivity contribution in [2.75, 3.05) is 10.7 Å². The number of thioether (sulfide) groups is 1. The highest BCUT2D eigenvalue weighted by Gasteiger charge is 2.25. The van der Waals surface area contributed by atoms with Gasteiger partial charge in [-0.3, -0.25) is 4.79 Å². The average molecular weight is 299 g/mol. The summed E-state index contributed by atoms with van der Waals surface area (Å²) < 4.78 is 0. The Kier molecular flexibility index (Phi) is 3.99. The molecule has 1 amide bonds. The molecule has 0 aromatic heterocycles. The summed E-state index contributed by atoms with van der Waals surface area (Å²) in [7, 11) is 0. The maximum atomic E-state index is 12.3. The Morgan fingerprint density at radius 1 is 1.24 bits per heavy atom. The first-order valence-electron chi connectivity index (χ1n) is 6.94. The molecule has 2 aromatic rings. The highest BCUT2D eigenvalue weighted by Crippen LogP contribution is 2.37. The monoisotopic (exact) mass is 299 g/mol. The van der Waals surface area contributed by atoms with Gasteiger partial charge in [-0.25, -0.2) is 0 Å². The van der Waals surface area contributed by atoms with E-state index in [1.54, 1.807) is 18.7 Å². The fraction of sp³-hybridized carbons (Fsp3) is 0.235. The zero-order valence-electron chi connectivity index (χ0n) is 11.8. The molecular weight excluding hydrogens is 282 g/mol. The lowest BCUT2D eigenvalue weighted by molar-refractivity contribution is -0.116. The van der Waals surface area contributed by atoms with Gasteiger partial charge in [0.05, 0.1) is 24.1 Å². The smallest absolute Gasteiger partial charge is 0.237 e. The van der Waals surface area contributed by atoms with Crippen molar-refractivity contribution in [1.29, 1.82) is 0 Å². The molecule has 0 bridgehead atoms. The van der Waals surface area contributed by atoms with Crippen molar-refractivity contribution in [2.45, 2.75) is 24.5 Å². The maximum Gasteiger partial charge on any atom is 0.237 e. The molecule has 0 saturated heterocycles. The molecule has 108 valence electrons. The van der Waals surface area contributed by atoms with E-state index in [1.165, 1.54) is 0 Å². The number of nitrogens with zero attached hydrogens (tertiary/aromatic N) is 1. The third kappa shape index (κ3) is 2.96. The number of aliphatic hydroxyl groups is 1. The van der Waals surface area contributed by atoms with Gasteiger partial charge in [-0.2, -0.15) is 0 Å². The SMILES string of the molecule is CC(O)c1ccc2c(c1)N(Cc1ccccc1)C(=O)CS2. The molecule has 2 aromatic carbocycles. The van der Waals surface area contributed by atoms with Crippen molar-refractivity contribution in [1.82, 2.24) is 0 Å². The molecule has 0 aliphatic carbocycles. The molecule has 1 atom stereocenters. The topological polar surface area (TPSA) is 40.5 Å². The van der Waals surface area contributed by atoms with Gasteiger partial charge >= 0.3 is 0 Å². The largest absolute Gasteiger partial charge is 0.389 e. The molecule has 1 unspecified atom stereocenters. The lowest BCUT2D eigenvalue weighted by Crippen LogP contribution is -2.34. The summed E-state index contributed by atoms with van der Waals surface area (Å²) in [5, 5.41) is 9.76. The maximum absolute atomic E-state index is 12.3. The summed E-state index contributed by atoms with van der Waals surface area (Å²) in [6, 6.07) is 15.8. The third-order valence-corrected chi connectivity index (χ3v) is 4.64. The first-order valence-corrected chi connectivity index (χ1v) is 7.93. The van der Waals surface area contributed by atoms with Crippen molar-refractivity contribution >= 4 is 23.4 Å². The number of benzene rings is 2. The van der Waals surface area contributed by atoms with Crippen molar-refractivity contribution in [2.24, 2.45) is 0 Å². The fourth-order valence-corrected chi connectivity index (χ4v) is 3.33. The van der Waals surface area contributed by atoms with E-state index in [0.717, 1.165) is 21.7 Å². The van der Waals surface area contributed by atoms with E-state index in [9.17, 15) is 9.90 Å². The lowest BCUT2D eigenvalue weighted by Gasteiger charge is -2.30. The molecule has 1 N–H and O–H groups in total. The Bertz CT molecular complexity index is 655. The van der Waals surface area contributed by atoms with Crippen LogP contribution in [0.2, 0.25) is 0 Å². The fourth-order valence-electron chi connectivity index (χ4n) is 2.42. The van der Waals surface area contributed by atoms with Crippen molar-refractivity contribution < 1.29 is 9.90 Å². The highest BCUT2D eigenvalue weighted by molar-refractivity contribution is 8.00. The van der Waals surface area contributed by atoms with Crippen LogP contribution in [0.5, 0.6) is 0 Å². The molecule has 4 heteroatoms. The first-order chi connectivity index (χ1) is 10.1. The quantitative estimate of drug-likeness (QED) is 0.944. The van der Waals surface area contributed by atoms with Crippen LogP contribution in [0.15, 0.2) is 53.4 Å². The molecule has 1 aliphatic rings. The molecule has 0 fully saturated rings. The summed E-state index contributed by atoms with van der Waals surface area (Å²) in [6.07, 6.45) is -0.532. The standard InChI is InChI=1S/C17H17NO2S/c1-12(19)14-7-8-16-15(9-14)18(17(20)11-21-16)10-13-5-3-2-4-6-13/h2-9,12,19H,10-11H2,1H3. The van der Waals surface area contributed by atoms with Gasteiger partial charge in [0.2, 0.25) is 5.91 Å². The van der Waals surface area contributed by atoms with Crippen LogP contribution in [0.3, 0.4) is 0 Å². The molecule has 1 heterocycles. The van der Waals surface area contributed by atoms with Gasteiger partial charge in [0.15, 0.2) is 0 Å². The third-order valence-electron chi connectivity index (χ3n) is 3.59. The average Bonchev–Trinajstić information content (AvgIpc) is 2.50. The minimum atomic E-state index is -0.532. The Morgan fingerprint density at radius 2 is 2.00 bits per heavy atom. The van der Waals surface area contributed by atoms with E-state index in [1.807, 2.05) is 53.4 Å². The number of rotatable bonds is 3. The molecular formula is C17H17NO2S. The highest BCUT2D eigenvalue weighted by atomic mass is 32.2. The van der Waals surface area contributed by atoms with Crippen LogP contribution < -0.4 is 4.90 Å². The molecule has 0 saturated carbocycles. The lowest BCUT2D eigenvalue weighted by atomic mass is 10.1. The number of anilines is 1. The minimum Gasteiger partial charge on any atom is -0.389 e. The Labute approximate surface area is 128 Å². The van der Waals surface area contributed by atoms with Crippen LogP contribution in [0.4, 0.5) is 5.69 Å². The number of carbonyl (C=O) groups is 1. The normalized spacial score (nSPS) is 15.7. The van der Waals surface area contributed by atoms with E-state index in [-0.39, 0.29) is 5.91 Å². The van der Waals surface area contributed by atoms with Gasteiger partial charge in [-0.15, -0.1) is 11.8 Å². The molecule has 3 nitrogen and oxygen atoms in total. The number of aliphatic hydroxyl groups excluding tert-OH is 1. The molecule has 21 heavy (non-hydrogen) atoms. The van der Waals surface area contributed by atoms with E-state index in [0.29, 0.717) is 12.3 Å². The Hall–Kier alpha value is -1.78. The second kappa shape index (κ2) is 5.92. The first kappa shape index (κ1) is 14.2. The van der Waals surface area contributed by atoms with Crippen LogP contribution >= 0.6 is 11.8 Å².